The summed E-state index contributed by atoms with van der Waals surface area (Å²) in [6.07, 6.45) is 0.914. The lowest BCUT2D eigenvalue weighted by molar-refractivity contribution is 0.0935. The van der Waals surface area contributed by atoms with Gasteiger partial charge in [-0.15, -0.1) is 0 Å². The summed E-state index contributed by atoms with van der Waals surface area (Å²) < 4.78 is 0. The molecule has 3 nitrogen and oxygen atoms in total. The molecule has 1 aromatic heterocycles. The third-order valence-corrected chi connectivity index (χ3v) is 3.05. The fourth-order valence-electron chi connectivity index (χ4n) is 1.63. The van der Waals surface area contributed by atoms with Gasteiger partial charge in [0.2, 0.25) is 0 Å². The molecular weight excluding hydrogens is 236 g/mol. The molecule has 90 valence electrons. The Morgan fingerprint density at radius 1 is 1.47 bits per heavy atom. The topological polar surface area (TPSA) is 44.9 Å². The van der Waals surface area contributed by atoms with Gasteiger partial charge in [0.1, 0.15) is 5.69 Å². The average molecular weight is 251 g/mol. The van der Waals surface area contributed by atoms with Gasteiger partial charge in [-0.05, 0) is 37.6 Å². The molecule has 0 aliphatic heterocycles. The molecule has 0 aliphatic carbocycles. The second-order valence-electron chi connectivity index (χ2n) is 4.20. The van der Waals surface area contributed by atoms with E-state index in [1.165, 1.54) is 0 Å². The van der Waals surface area contributed by atoms with Gasteiger partial charge in [-0.2, -0.15) is 0 Å². The molecule has 0 radical (unpaired) electrons. The average Bonchev–Trinajstić information content (AvgIpc) is 2.71. The Bertz CT molecular complexity index is 547. The number of H-pyrrole nitrogens is 1. The molecule has 1 atom stereocenters. The number of hydrogen-bond acceptors (Lipinski definition) is 1. The first kappa shape index (κ1) is 12.0. The summed E-state index contributed by atoms with van der Waals surface area (Å²) in [4.78, 5) is 15.0. The lowest BCUT2D eigenvalue weighted by Gasteiger charge is -2.09. The zero-order valence-electron chi connectivity index (χ0n) is 9.88. The molecule has 0 bridgehead atoms. The summed E-state index contributed by atoms with van der Waals surface area (Å²) >= 11 is 5.90. The van der Waals surface area contributed by atoms with Crippen LogP contribution in [0.15, 0.2) is 24.3 Å². The Morgan fingerprint density at radius 3 is 2.94 bits per heavy atom. The summed E-state index contributed by atoms with van der Waals surface area (Å²) in [7, 11) is 0. The van der Waals surface area contributed by atoms with Crippen LogP contribution >= 0.6 is 11.6 Å². The Morgan fingerprint density at radius 2 is 2.24 bits per heavy atom. The number of aromatic amines is 1. The van der Waals surface area contributed by atoms with Crippen LogP contribution in [-0.2, 0) is 0 Å². The van der Waals surface area contributed by atoms with Crippen LogP contribution in [0, 0.1) is 0 Å². The zero-order valence-corrected chi connectivity index (χ0v) is 10.6. The molecule has 1 amide bonds. The van der Waals surface area contributed by atoms with Crippen molar-refractivity contribution in [2.75, 3.05) is 0 Å². The molecule has 4 heteroatoms. The van der Waals surface area contributed by atoms with Crippen molar-refractivity contribution in [2.45, 2.75) is 26.3 Å². The second-order valence-corrected chi connectivity index (χ2v) is 4.63. The zero-order chi connectivity index (χ0) is 12.4. The molecule has 17 heavy (non-hydrogen) atoms. The minimum absolute atomic E-state index is 0.0772. The van der Waals surface area contributed by atoms with E-state index in [-0.39, 0.29) is 11.9 Å². The number of carbonyl (C=O) groups is 1. The Balaban J connectivity index is 2.27. The van der Waals surface area contributed by atoms with Crippen molar-refractivity contribution in [2.24, 2.45) is 0 Å². The number of aromatic nitrogens is 1. The normalized spacial score (nSPS) is 12.6. The van der Waals surface area contributed by atoms with Gasteiger partial charge in [-0.3, -0.25) is 4.79 Å². The van der Waals surface area contributed by atoms with Crippen molar-refractivity contribution in [3.63, 3.8) is 0 Å². The molecule has 0 spiro atoms. The number of carbonyl (C=O) groups excluding carboxylic acids is 1. The molecule has 1 heterocycles. The summed E-state index contributed by atoms with van der Waals surface area (Å²) in [5.74, 6) is -0.0772. The van der Waals surface area contributed by atoms with Crippen LogP contribution in [0.25, 0.3) is 10.9 Å². The third kappa shape index (κ3) is 2.61. The number of fused-ring (bicyclic) bond motifs is 1. The van der Waals surface area contributed by atoms with Crippen molar-refractivity contribution in [1.82, 2.24) is 10.3 Å². The van der Waals surface area contributed by atoms with E-state index in [1.54, 1.807) is 6.07 Å². The SMILES string of the molecule is CCC(C)NC(=O)c1cc2cc(Cl)ccc2[nH]1. The molecule has 0 saturated carbocycles. The van der Waals surface area contributed by atoms with Crippen molar-refractivity contribution >= 4 is 28.4 Å². The monoisotopic (exact) mass is 250 g/mol. The van der Waals surface area contributed by atoms with Crippen LogP contribution in [0.4, 0.5) is 0 Å². The largest absolute Gasteiger partial charge is 0.351 e. The van der Waals surface area contributed by atoms with Crippen molar-refractivity contribution in [3.8, 4) is 0 Å². The van der Waals surface area contributed by atoms with E-state index in [0.29, 0.717) is 10.7 Å². The van der Waals surface area contributed by atoms with E-state index < -0.39 is 0 Å². The standard InChI is InChI=1S/C13H15ClN2O/c1-3-8(2)15-13(17)12-7-9-6-10(14)4-5-11(9)16-12/h4-8,16H,3H2,1-2H3,(H,15,17). The highest BCUT2D eigenvalue weighted by molar-refractivity contribution is 6.31. The van der Waals surface area contributed by atoms with Gasteiger partial charge in [0.25, 0.3) is 5.91 Å². The summed E-state index contributed by atoms with van der Waals surface area (Å²) in [5.41, 5.74) is 1.49. The van der Waals surface area contributed by atoms with Crippen LogP contribution in [0.3, 0.4) is 0 Å². The first-order chi connectivity index (χ1) is 8.10. The maximum absolute atomic E-state index is 11.9. The Labute approximate surface area is 105 Å². The highest BCUT2D eigenvalue weighted by Gasteiger charge is 2.11. The number of amides is 1. The number of hydrogen-bond donors (Lipinski definition) is 2. The van der Waals surface area contributed by atoms with Crippen molar-refractivity contribution in [1.29, 1.82) is 0 Å². The molecule has 0 fully saturated rings. The second kappa shape index (κ2) is 4.80. The van der Waals surface area contributed by atoms with Gasteiger partial charge in [-0.25, -0.2) is 0 Å². The third-order valence-electron chi connectivity index (χ3n) is 2.82. The molecule has 2 rings (SSSR count). The van der Waals surface area contributed by atoms with E-state index in [1.807, 2.05) is 32.0 Å². The van der Waals surface area contributed by atoms with E-state index >= 15 is 0 Å². The minimum Gasteiger partial charge on any atom is -0.351 e. The molecule has 1 aromatic carbocycles. The van der Waals surface area contributed by atoms with E-state index in [9.17, 15) is 4.79 Å². The smallest absolute Gasteiger partial charge is 0.267 e. The van der Waals surface area contributed by atoms with E-state index in [2.05, 4.69) is 10.3 Å². The number of nitrogens with one attached hydrogen (secondary N) is 2. The highest BCUT2D eigenvalue weighted by atomic mass is 35.5. The van der Waals surface area contributed by atoms with Gasteiger partial charge < -0.3 is 10.3 Å². The lowest BCUT2D eigenvalue weighted by Crippen LogP contribution is -2.32. The molecule has 0 saturated heterocycles. The first-order valence-corrected chi connectivity index (χ1v) is 6.07. The molecule has 1 unspecified atom stereocenters. The molecule has 2 N–H and O–H groups in total. The number of halogens is 1. The fourth-order valence-corrected chi connectivity index (χ4v) is 1.81. The maximum Gasteiger partial charge on any atom is 0.267 e. The van der Waals surface area contributed by atoms with Crippen molar-refractivity contribution < 1.29 is 4.79 Å². The van der Waals surface area contributed by atoms with E-state index in [0.717, 1.165) is 17.3 Å². The van der Waals surface area contributed by atoms with Crippen LogP contribution in [-0.4, -0.2) is 16.9 Å². The predicted molar refractivity (Wildman–Crippen MR) is 70.5 cm³/mol. The number of rotatable bonds is 3. The molecule has 2 aromatic rings. The van der Waals surface area contributed by atoms with E-state index in [4.69, 9.17) is 11.6 Å². The molecular formula is C13H15ClN2O. The van der Waals surface area contributed by atoms with Gasteiger partial charge in [0.05, 0.1) is 0 Å². The summed E-state index contributed by atoms with van der Waals surface area (Å²) in [5, 5.41) is 4.54. The van der Waals surface area contributed by atoms with Crippen molar-refractivity contribution in [3.05, 3.63) is 35.0 Å². The first-order valence-electron chi connectivity index (χ1n) is 5.69. The van der Waals surface area contributed by atoms with Gasteiger partial charge >= 0.3 is 0 Å². The predicted octanol–water partition coefficient (Wildman–Crippen LogP) is 3.35. The minimum atomic E-state index is -0.0772. The van der Waals surface area contributed by atoms with Crippen LogP contribution < -0.4 is 5.32 Å². The van der Waals surface area contributed by atoms with Gasteiger partial charge in [-0.1, -0.05) is 18.5 Å². The fraction of sp³-hybridized carbons (Fsp3) is 0.308. The van der Waals surface area contributed by atoms with Gasteiger partial charge in [0, 0.05) is 22.0 Å². The number of benzene rings is 1. The quantitative estimate of drug-likeness (QED) is 0.862. The van der Waals surface area contributed by atoms with Gasteiger partial charge in [0.15, 0.2) is 0 Å². The Kier molecular flexibility index (Phi) is 3.38. The maximum atomic E-state index is 11.9. The lowest BCUT2D eigenvalue weighted by atomic mass is 10.2. The van der Waals surface area contributed by atoms with Crippen LogP contribution in [0.2, 0.25) is 5.02 Å². The molecule has 0 aliphatic rings. The summed E-state index contributed by atoms with van der Waals surface area (Å²) in [6, 6.07) is 7.51. The summed E-state index contributed by atoms with van der Waals surface area (Å²) in [6.45, 7) is 4.02. The highest BCUT2D eigenvalue weighted by Crippen LogP contribution is 2.20. The Hall–Kier alpha value is -1.48. The van der Waals surface area contributed by atoms with Crippen LogP contribution in [0.1, 0.15) is 30.8 Å². The van der Waals surface area contributed by atoms with Crippen LogP contribution in [0.5, 0.6) is 0 Å².